The van der Waals surface area contributed by atoms with Gasteiger partial charge in [0.25, 0.3) is 0 Å². The van der Waals surface area contributed by atoms with Gasteiger partial charge in [-0.3, -0.25) is 4.79 Å². The third-order valence-corrected chi connectivity index (χ3v) is 2.92. The van der Waals surface area contributed by atoms with Crippen LogP contribution in [0, 0.1) is 0 Å². The number of nitrogens with one attached hydrogen (secondary N) is 1. The average molecular weight is 213 g/mol. The Morgan fingerprint density at radius 2 is 2.13 bits per heavy atom. The van der Waals surface area contributed by atoms with Gasteiger partial charge in [0.05, 0.1) is 12.6 Å². The molecule has 15 heavy (non-hydrogen) atoms. The quantitative estimate of drug-likeness (QED) is 0.688. The third kappa shape index (κ3) is 5.17. The fraction of sp³-hybridized carbons (Fsp3) is 0.917. The highest BCUT2D eigenvalue weighted by molar-refractivity contribution is 5.71. The molecule has 0 radical (unpaired) electrons. The summed E-state index contributed by atoms with van der Waals surface area (Å²) in [6.45, 7) is 4.43. The van der Waals surface area contributed by atoms with Gasteiger partial charge in [-0.2, -0.15) is 0 Å². The Morgan fingerprint density at radius 3 is 2.73 bits per heavy atom. The molecule has 0 aromatic carbocycles. The molecule has 1 aliphatic carbocycles. The average Bonchev–Trinajstić information content (AvgIpc) is 2.67. The molecule has 1 rings (SSSR count). The maximum absolute atomic E-state index is 11.4. The molecule has 3 heteroatoms. The van der Waals surface area contributed by atoms with Gasteiger partial charge in [0, 0.05) is 6.04 Å². The van der Waals surface area contributed by atoms with E-state index in [2.05, 4.69) is 12.2 Å². The number of hydrogen-bond acceptors (Lipinski definition) is 3. The first-order chi connectivity index (χ1) is 7.22. The first-order valence-electron chi connectivity index (χ1n) is 6.15. The number of ether oxygens (including phenoxy) is 1. The van der Waals surface area contributed by atoms with E-state index in [1.54, 1.807) is 0 Å². The molecule has 0 heterocycles. The minimum atomic E-state index is -0.108. The van der Waals surface area contributed by atoms with Gasteiger partial charge in [-0.15, -0.1) is 0 Å². The minimum Gasteiger partial charge on any atom is -0.462 e. The van der Waals surface area contributed by atoms with Crippen molar-refractivity contribution in [3.63, 3.8) is 0 Å². The lowest BCUT2D eigenvalue weighted by atomic mass is 10.2. The van der Waals surface area contributed by atoms with Crippen LogP contribution in [0.1, 0.15) is 52.4 Å². The number of rotatable bonds is 6. The van der Waals surface area contributed by atoms with E-state index < -0.39 is 0 Å². The molecule has 0 aromatic heterocycles. The summed E-state index contributed by atoms with van der Waals surface area (Å²) in [7, 11) is 0. The fourth-order valence-electron chi connectivity index (χ4n) is 2.09. The second kappa shape index (κ2) is 6.83. The SMILES string of the molecule is CCCC(C)OC(=O)CNC1CCCC1. The summed E-state index contributed by atoms with van der Waals surface area (Å²) in [6, 6.07) is 0.541. The zero-order chi connectivity index (χ0) is 11.1. The Kier molecular flexibility index (Phi) is 5.69. The van der Waals surface area contributed by atoms with Crippen molar-refractivity contribution in [1.29, 1.82) is 0 Å². The molecule has 0 aromatic rings. The maximum atomic E-state index is 11.4. The van der Waals surface area contributed by atoms with Crippen LogP contribution in [0.3, 0.4) is 0 Å². The smallest absolute Gasteiger partial charge is 0.320 e. The summed E-state index contributed by atoms with van der Waals surface area (Å²) in [6.07, 6.45) is 7.07. The van der Waals surface area contributed by atoms with Crippen LogP contribution in [0.15, 0.2) is 0 Å². The molecule has 0 amide bonds. The van der Waals surface area contributed by atoms with Crippen LogP contribution in [0.25, 0.3) is 0 Å². The van der Waals surface area contributed by atoms with Crippen LogP contribution >= 0.6 is 0 Å². The Balaban J connectivity index is 2.07. The molecular weight excluding hydrogens is 190 g/mol. The summed E-state index contributed by atoms with van der Waals surface area (Å²) >= 11 is 0. The molecule has 1 unspecified atom stereocenters. The van der Waals surface area contributed by atoms with Gasteiger partial charge in [-0.25, -0.2) is 0 Å². The number of carbonyl (C=O) groups excluding carboxylic acids is 1. The van der Waals surface area contributed by atoms with Gasteiger partial charge in [-0.05, 0) is 26.2 Å². The van der Waals surface area contributed by atoms with E-state index in [9.17, 15) is 4.79 Å². The molecule has 1 fully saturated rings. The third-order valence-electron chi connectivity index (χ3n) is 2.92. The molecule has 1 atom stereocenters. The highest BCUT2D eigenvalue weighted by Gasteiger charge is 2.16. The summed E-state index contributed by atoms with van der Waals surface area (Å²) in [5.74, 6) is -0.108. The number of carbonyl (C=O) groups is 1. The van der Waals surface area contributed by atoms with Crippen molar-refractivity contribution < 1.29 is 9.53 Å². The Morgan fingerprint density at radius 1 is 1.47 bits per heavy atom. The normalized spacial score (nSPS) is 19.1. The van der Waals surface area contributed by atoms with E-state index in [4.69, 9.17) is 4.74 Å². The van der Waals surface area contributed by atoms with Crippen LogP contribution in [-0.2, 0) is 9.53 Å². The molecule has 3 nitrogen and oxygen atoms in total. The summed E-state index contributed by atoms with van der Waals surface area (Å²) < 4.78 is 5.25. The maximum Gasteiger partial charge on any atom is 0.320 e. The van der Waals surface area contributed by atoms with E-state index in [-0.39, 0.29) is 12.1 Å². The number of hydrogen-bond donors (Lipinski definition) is 1. The van der Waals surface area contributed by atoms with Crippen LogP contribution in [0.4, 0.5) is 0 Å². The van der Waals surface area contributed by atoms with Gasteiger partial charge >= 0.3 is 5.97 Å². The van der Waals surface area contributed by atoms with Gasteiger partial charge in [0.1, 0.15) is 0 Å². The zero-order valence-electron chi connectivity index (χ0n) is 9.92. The van der Waals surface area contributed by atoms with Gasteiger partial charge in [0.15, 0.2) is 0 Å². The second-order valence-corrected chi connectivity index (χ2v) is 4.45. The summed E-state index contributed by atoms with van der Waals surface area (Å²) in [5, 5.41) is 3.25. The van der Waals surface area contributed by atoms with Crippen molar-refractivity contribution in [3.05, 3.63) is 0 Å². The molecule has 1 saturated carbocycles. The van der Waals surface area contributed by atoms with Gasteiger partial charge in [-0.1, -0.05) is 26.2 Å². The Bertz CT molecular complexity index is 188. The van der Waals surface area contributed by atoms with Crippen LogP contribution in [0.5, 0.6) is 0 Å². The lowest BCUT2D eigenvalue weighted by Crippen LogP contribution is -2.33. The van der Waals surface area contributed by atoms with Crippen molar-refractivity contribution in [2.75, 3.05) is 6.54 Å². The molecule has 1 N–H and O–H groups in total. The monoisotopic (exact) mass is 213 g/mol. The number of esters is 1. The minimum absolute atomic E-state index is 0.0629. The molecule has 0 aliphatic heterocycles. The van der Waals surface area contributed by atoms with Gasteiger partial charge in [0.2, 0.25) is 0 Å². The molecular formula is C12H23NO2. The summed E-state index contributed by atoms with van der Waals surface area (Å²) in [5.41, 5.74) is 0. The molecule has 1 aliphatic rings. The molecule has 0 bridgehead atoms. The standard InChI is InChI=1S/C12H23NO2/c1-3-6-10(2)15-12(14)9-13-11-7-4-5-8-11/h10-11,13H,3-9H2,1-2H3. The summed E-state index contributed by atoms with van der Waals surface area (Å²) in [4.78, 5) is 11.4. The van der Waals surface area contributed by atoms with E-state index in [0.29, 0.717) is 12.6 Å². The highest BCUT2D eigenvalue weighted by Crippen LogP contribution is 2.17. The topological polar surface area (TPSA) is 38.3 Å². The van der Waals surface area contributed by atoms with E-state index in [1.165, 1.54) is 25.7 Å². The lowest BCUT2D eigenvalue weighted by Gasteiger charge is -2.14. The lowest BCUT2D eigenvalue weighted by molar-refractivity contribution is -0.147. The fourth-order valence-corrected chi connectivity index (χ4v) is 2.09. The Hall–Kier alpha value is -0.570. The van der Waals surface area contributed by atoms with Crippen LogP contribution in [-0.4, -0.2) is 24.7 Å². The van der Waals surface area contributed by atoms with Crippen molar-refractivity contribution in [1.82, 2.24) is 5.32 Å². The van der Waals surface area contributed by atoms with E-state index >= 15 is 0 Å². The second-order valence-electron chi connectivity index (χ2n) is 4.45. The predicted molar refractivity (Wildman–Crippen MR) is 60.7 cm³/mol. The van der Waals surface area contributed by atoms with E-state index in [0.717, 1.165) is 12.8 Å². The van der Waals surface area contributed by atoms with Gasteiger partial charge < -0.3 is 10.1 Å². The van der Waals surface area contributed by atoms with Crippen LogP contribution in [0.2, 0.25) is 0 Å². The van der Waals surface area contributed by atoms with Crippen molar-refractivity contribution >= 4 is 5.97 Å². The Labute approximate surface area is 92.6 Å². The molecule has 88 valence electrons. The molecule has 0 spiro atoms. The first kappa shape index (κ1) is 12.5. The first-order valence-corrected chi connectivity index (χ1v) is 6.15. The molecule has 0 saturated heterocycles. The largest absolute Gasteiger partial charge is 0.462 e. The zero-order valence-corrected chi connectivity index (χ0v) is 9.92. The van der Waals surface area contributed by atoms with Crippen LogP contribution < -0.4 is 5.32 Å². The van der Waals surface area contributed by atoms with Crippen molar-refractivity contribution in [2.24, 2.45) is 0 Å². The highest BCUT2D eigenvalue weighted by atomic mass is 16.5. The van der Waals surface area contributed by atoms with Crippen molar-refractivity contribution in [2.45, 2.75) is 64.5 Å². The van der Waals surface area contributed by atoms with Crippen molar-refractivity contribution in [3.8, 4) is 0 Å². The van der Waals surface area contributed by atoms with E-state index in [1.807, 2.05) is 6.92 Å². The predicted octanol–water partition coefficient (Wildman–Crippen LogP) is 2.25.